The molecule has 0 aliphatic rings. The normalized spacial score (nSPS) is 11.6. The molecular formula is C23H19ClFNO3. The zero-order valence-electron chi connectivity index (χ0n) is 15.7. The Balaban J connectivity index is 1.84. The number of halogens is 2. The highest BCUT2D eigenvalue weighted by atomic mass is 35.5. The lowest BCUT2D eigenvalue weighted by Crippen LogP contribution is -2.33. The summed E-state index contributed by atoms with van der Waals surface area (Å²) in [6, 6.07) is 19.2. The molecule has 0 unspecified atom stereocenters. The predicted molar refractivity (Wildman–Crippen MR) is 111 cm³/mol. The minimum Gasteiger partial charge on any atom is -0.478 e. The molecule has 0 bridgehead atoms. The van der Waals surface area contributed by atoms with Gasteiger partial charge in [0.15, 0.2) is 23.5 Å². The van der Waals surface area contributed by atoms with Gasteiger partial charge in [-0.3, -0.25) is 9.59 Å². The lowest BCUT2D eigenvalue weighted by molar-refractivity contribution is -0.122. The first kappa shape index (κ1) is 20.6. The number of ketones is 1. The number of nitrogens with one attached hydrogen (secondary N) is 1. The number of rotatable bonds is 7. The van der Waals surface area contributed by atoms with Gasteiger partial charge in [0.1, 0.15) is 0 Å². The first-order valence-corrected chi connectivity index (χ1v) is 9.48. The molecule has 0 aliphatic carbocycles. The van der Waals surface area contributed by atoms with Crippen LogP contribution < -0.4 is 10.1 Å². The summed E-state index contributed by atoms with van der Waals surface area (Å²) in [4.78, 5) is 25.6. The van der Waals surface area contributed by atoms with Gasteiger partial charge < -0.3 is 10.1 Å². The molecule has 1 amide bonds. The van der Waals surface area contributed by atoms with Crippen molar-refractivity contribution in [2.24, 2.45) is 0 Å². The van der Waals surface area contributed by atoms with Crippen molar-refractivity contribution >= 4 is 29.0 Å². The van der Waals surface area contributed by atoms with Crippen LogP contribution in [0.1, 0.15) is 29.3 Å². The van der Waals surface area contributed by atoms with Gasteiger partial charge in [0.05, 0.1) is 5.69 Å². The summed E-state index contributed by atoms with van der Waals surface area (Å²) < 4.78 is 19.4. The fourth-order valence-electron chi connectivity index (χ4n) is 2.79. The Kier molecular flexibility index (Phi) is 6.62. The standard InChI is InChI=1S/C23H19ClFNO3/c1-2-20(29-21-11-7-6-10-18(21)25)23(28)26-19-13-12-16(24)14-17(19)22(27)15-8-4-3-5-9-15/h3-14,20H,2H2,1H3,(H,26,28)/t20-/m1/s1. The van der Waals surface area contributed by atoms with Gasteiger partial charge in [-0.2, -0.15) is 0 Å². The quantitative estimate of drug-likeness (QED) is 0.522. The second-order valence-electron chi connectivity index (χ2n) is 6.32. The van der Waals surface area contributed by atoms with Crippen LogP contribution in [0.2, 0.25) is 5.02 Å². The topological polar surface area (TPSA) is 55.4 Å². The molecule has 0 aromatic heterocycles. The van der Waals surface area contributed by atoms with Gasteiger partial charge in [-0.1, -0.05) is 61.0 Å². The van der Waals surface area contributed by atoms with Crippen LogP contribution in [0.15, 0.2) is 72.8 Å². The molecule has 1 N–H and O–H groups in total. The molecule has 0 saturated carbocycles. The SMILES string of the molecule is CC[C@@H](Oc1ccccc1F)C(=O)Nc1ccc(Cl)cc1C(=O)c1ccccc1. The van der Waals surface area contributed by atoms with E-state index in [1.807, 2.05) is 6.07 Å². The van der Waals surface area contributed by atoms with E-state index in [-0.39, 0.29) is 17.1 Å². The van der Waals surface area contributed by atoms with E-state index in [2.05, 4.69) is 5.32 Å². The van der Waals surface area contributed by atoms with Crippen molar-refractivity contribution in [3.63, 3.8) is 0 Å². The van der Waals surface area contributed by atoms with E-state index in [0.29, 0.717) is 22.7 Å². The number of anilines is 1. The minimum atomic E-state index is -0.928. The molecule has 29 heavy (non-hydrogen) atoms. The maximum Gasteiger partial charge on any atom is 0.265 e. The molecule has 0 fully saturated rings. The molecule has 0 radical (unpaired) electrons. The minimum absolute atomic E-state index is 0.00816. The highest BCUT2D eigenvalue weighted by molar-refractivity contribution is 6.31. The van der Waals surface area contributed by atoms with E-state index in [1.165, 1.54) is 18.2 Å². The lowest BCUT2D eigenvalue weighted by Gasteiger charge is -2.19. The Morgan fingerprint density at radius 2 is 1.72 bits per heavy atom. The van der Waals surface area contributed by atoms with E-state index in [4.69, 9.17) is 16.3 Å². The molecule has 0 saturated heterocycles. The van der Waals surface area contributed by atoms with Crippen LogP contribution in [0.5, 0.6) is 5.75 Å². The maximum absolute atomic E-state index is 13.9. The van der Waals surface area contributed by atoms with Gasteiger partial charge in [-0.15, -0.1) is 0 Å². The van der Waals surface area contributed by atoms with Gasteiger partial charge >= 0.3 is 0 Å². The first-order valence-electron chi connectivity index (χ1n) is 9.11. The molecule has 148 valence electrons. The Bertz CT molecular complexity index is 1020. The third kappa shape index (κ3) is 5.00. The van der Waals surface area contributed by atoms with Crippen molar-refractivity contribution in [3.8, 4) is 5.75 Å². The Hall–Kier alpha value is -3.18. The van der Waals surface area contributed by atoms with Crippen LogP contribution in [-0.4, -0.2) is 17.8 Å². The first-order chi connectivity index (χ1) is 14.0. The average molecular weight is 412 g/mol. The summed E-state index contributed by atoms with van der Waals surface area (Å²) in [5.41, 5.74) is 1.04. The number of carbonyl (C=O) groups excluding carboxylic acids is 2. The van der Waals surface area contributed by atoms with Crippen molar-refractivity contribution in [3.05, 3.63) is 94.8 Å². The monoisotopic (exact) mass is 411 g/mol. The molecule has 1 atom stereocenters. The van der Waals surface area contributed by atoms with Crippen LogP contribution >= 0.6 is 11.6 Å². The predicted octanol–water partition coefficient (Wildman–Crippen LogP) is 5.51. The molecule has 4 nitrogen and oxygen atoms in total. The number of benzene rings is 3. The van der Waals surface area contributed by atoms with Crippen molar-refractivity contribution < 1.29 is 18.7 Å². The van der Waals surface area contributed by atoms with Crippen LogP contribution in [0, 0.1) is 5.82 Å². The second kappa shape index (κ2) is 9.34. The third-order valence-electron chi connectivity index (χ3n) is 4.29. The summed E-state index contributed by atoms with van der Waals surface area (Å²) in [7, 11) is 0. The summed E-state index contributed by atoms with van der Waals surface area (Å²) in [5, 5.41) is 3.09. The van der Waals surface area contributed by atoms with Crippen molar-refractivity contribution in [2.45, 2.75) is 19.4 Å². The van der Waals surface area contributed by atoms with Gasteiger partial charge in [0.25, 0.3) is 5.91 Å². The van der Waals surface area contributed by atoms with Crippen molar-refractivity contribution in [1.82, 2.24) is 0 Å². The summed E-state index contributed by atoms with van der Waals surface area (Å²) in [5.74, 6) is -1.32. The molecule has 3 aromatic rings. The molecule has 0 spiro atoms. The average Bonchev–Trinajstić information content (AvgIpc) is 2.74. The van der Waals surface area contributed by atoms with Gasteiger partial charge in [-0.05, 0) is 36.8 Å². The molecule has 0 aliphatic heterocycles. The number of ether oxygens (including phenoxy) is 1. The van der Waals surface area contributed by atoms with E-state index in [9.17, 15) is 14.0 Å². The highest BCUT2D eigenvalue weighted by Crippen LogP contribution is 2.25. The van der Waals surface area contributed by atoms with Crippen molar-refractivity contribution in [2.75, 3.05) is 5.32 Å². The van der Waals surface area contributed by atoms with E-state index >= 15 is 0 Å². The van der Waals surface area contributed by atoms with Crippen molar-refractivity contribution in [1.29, 1.82) is 0 Å². The number of para-hydroxylation sites is 1. The molecule has 3 rings (SSSR count). The Morgan fingerprint density at radius 3 is 2.41 bits per heavy atom. The number of hydrogen-bond acceptors (Lipinski definition) is 3. The third-order valence-corrected chi connectivity index (χ3v) is 4.52. The number of hydrogen-bond donors (Lipinski definition) is 1. The summed E-state index contributed by atoms with van der Waals surface area (Å²) in [6.45, 7) is 1.75. The van der Waals surface area contributed by atoms with E-state index < -0.39 is 17.8 Å². The smallest absolute Gasteiger partial charge is 0.265 e. The lowest BCUT2D eigenvalue weighted by atomic mass is 10.0. The number of carbonyl (C=O) groups is 2. The Morgan fingerprint density at radius 1 is 1.03 bits per heavy atom. The Labute approximate surface area is 173 Å². The fourth-order valence-corrected chi connectivity index (χ4v) is 2.96. The van der Waals surface area contributed by atoms with Crippen LogP contribution in [0.4, 0.5) is 10.1 Å². The fraction of sp³-hybridized carbons (Fsp3) is 0.130. The van der Waals surface area contributed by atoms with Gasteiger partial charge in [-0.25, -0.2) is 4.39 Å². The van der Waals surface area contributed by atoms with Gasteiger partial charge in [0, 0.05) is 16.1 Å². The van der Waals surface area contributed by atoms with E-state index in [0.717, 1.165) is 0 Å². The van der Waals surface area contributed by atoms with Crippen LogP contribution in [-0.2, 0) is 4.79 Å². The zero-order valence-corrected chi connectivity index (χ0v) is 16.4. The maximum atomic E-state index is 13.9. The largest absolute Gasteiger partial charge is 0.478 e. The van der Waals surface area contributed by atoms with E-state index in [1.54, 1.807) is 55.5 Å². The van der Waals surface area contributed by atoms with Crippen LogP contribution in [0.3, 0.4) is 0 Å². The van der Waals surface area contributed by atoms with Gasteiger partial charge in [0.2, 0.25) is 0 Å². The molecule has 6 heteroatoms. The zero-order chi connectivity index (χ0) is 20.8. The second-order valence-corrected chi connectivity index (χ2v) is 6.76. The molecule has 3 aromatic carbocycles. The summed E-state index contributed by atoms with van der Waals surface area (Å²) in [6.07, 6.45) is -0.613. The molecular weight excluding hydrogens is 393 g/mol. The van der Waals surface area contributed by atoms with Crippen LogP contribution in [0.25, 0.3) is 0 Å². The molecule has 0 heterocycles. The summed E-state index contributed by atoms with van der Waals surface area (Å²) >= 11 is 6.07. The number of amides is 1. The highest BCUT2D eigenvalue weighted by Gasteiger charge is 2.22.